The van der Waals surface area contributed by atoms with Crippen molar-refractivity contribution in [1.29, 1.82) is 0 Å². The van der Waals surface area contributed by atoms with Crippen molar-refractivity contribution in [3.05, 3.63) is 53.1 Å². The van der Waals surface area contributed by atoms with Crippen LogP contribution in [0.25, 0.3) is 16.6 Å². The Bertz CT molecular complexity index is 1350. The minimum absolute atomic E-state index is 0.166. The SMILES string of the molecule is Cc1nc(N2CCCCC2c2cc3nc(N4CC(N)C4)c(C)cn3n2)c2c(C)cccc2n1. The second-order valence-corrected chi connectivity index (χ2v) is 9.55. The first-order valence-corrected chi connectivity index (χ1v) is 11.9. The molecule has 5 heterocycles. The topological polar surface area (TPSA) is 88.5 Å². The van der Waals surface area contributed by atoms with E-state index >= 15 is 0 Å². The minimum Gasteiger partial charge on any atom is -0.353 e. The molecule has 33 heavy (non-hydrogen) atoms. The van der Waals surface area contributed by atoms with Crippen molar-refractivity contribution >= 4 is 28.2 Å². The molecule has 1 aromatic carbocycles. The lowest BCUT2D eigenvalue weighted by Gasteiger charge is -2.38. The maximum atomic E-state index is 6.00. The number of nitrogens with two attached hydrogens (primary N) is 1. The van der Waals surface area contributed by atoms with Gasteiger partial charge in [0, 0.05) is 48.9 Å². The van der Waals surface area contributed by atoms with Gasteiger partial charge in [-0.2, -0.15) is 5.10 Å². The summed E-state index contributed by atoms with van der Waals surface area (Å²) in [5.41, 5.74) is 11.3. The van der Waals surface area contributed by atoms with Gasteiger partial charge in [-0.25, -0.2) is 19.5 Å². The zero-order valence-corrected chi connectivity index (χ0v) is 19.5. The number of aryl methyl sites for hydroxylation is 3. The maximum absolute atomic E-state index is 6.00. The van der Waals surface area contributed by atoms with Crippen LogP contribution in [0.15, 0.2) is 30.5 Å². The highest BCUT2D eigenvalue weighted by atomic mass is 15.3. The quantitative estimate of drug-likeness (QED) is 0.520. The lowest BCUT2D eigenvalue weighted by molar-refractivity contribution is 0.461. The molecule has 2 saturated heterocycles. The molecule has 3 aromatic heterocycles. The molecule has 2 fully saturated rings. The Morgan fingerprint density at radius 3 is 2.64 bits per heavy atom. The van der Waals surface area contributed by atoms with Crippen LogP contribution in [0.5, 0.6) is 0 Å². The van der Waals surface area contributed by atoms with Crippen LogP contribution >= 0.6 is 0 Å². The second-order valence-electron chi connectivity index (χ2n) is 9.55. The zero-order chi connectivity index (χ0) is 22.7. The third kappa shape index (κ3) is 3.40. The van der Waals surface area contributed by atoms with E-state index in [2.05, 4.69) is 54.1 Å². The summed E-state index contributed by atoms with van der Waals surface area (Å²) in [6.07, 6.45) is 5.47. The van der Waals surface area contributed by atoms with Gasteiger partial charge in [-0.1, -0.05) is 12.1 Å². The summed E-state index contributed by atoms with van der Waals surface area (Å²) < 4.78 is 1.93. The molecule has 0 aliphatic carbocycles. The van der Waals surface area contributed by atoms with Crippen LogP contribution in [-0.2, 0) is 0 Å². The van der Waals surface area contributed by atoms with E-state index < -0.39 is 0 Å². The van der Waals surface area contributed by atoms with Crippen molar-refractivity contribution in [2.75, 3.05) is 29.4 Å². The van der Waals surface area contributed by atoms with Crippen LogP contribution in [0.4, 0.5) is 11.6 Å². The number of nitrogens with zero attached hydrogens (tertiary/aromatic N) is 7. The van der Waals surface area contributed by atoms with Gasteiger partial charge in [0.15, 0.2) is 5.65 Å². The van der Waals surface area contributed by atoms with Gasteiger partial charge in [0.05, 0.1) is 17.3 Å². The number of aromatic nitrogens is 5. The third-order valence-electron chi connectivity index (χ3n) is 6.97. The van der Waals surface area contributed by atoms with E-state index in [9.17, 15) is 0 Å². The first kappa shape index (κ1) is 20.4. The van der Waals surface area contributed by atoms with Crippen molar-refractivity contribution in [2.45, 2.75) is 52.1 Å². The van der Waals surface area contributed by atoms with E-state index in [1.807, 2.05) is 11.4 Å². The molecule has 2 aliphatic rings. The molecule has 2 aliphatic heterocycles. The monoisotopic (exact) mass is 442 g/mol. The standard InChI is InChI=1S/C25H30N8/c1-15-7-6-8-19-23(15)25(28-17(3)27-19)32-10-5-4-9-21(32)20-11-22-29-24(31-13-18(26)14-31)16(2)12-33(22)30-20/h6-8,11-12,18,21H,4-5,9-10,13-14,26H2,1-3H3. The lowest BCUT2D eigenvalue weighted by Crippen LogP contribution is -2.56. The van der Waals surface area contributed by atoms with Crippen LogP contribution in [0.1, 0.15) is 47.9 Å². The smallest absolute Gasteiger partial charge is 0.157 e. The van der Waals surface area contributed by atoms with Gasteiger partial charge in [0.2, 0.25) is 0 Å². The van der Waals surface area contributed by atoms with Crippen LogP contribution in [0.3, 0.4) is 0 Å². The summed E-state index contributed by atoms with van der Waals surface area (Å²) in [5.74, 6) is 2.85. The van der Waals surface area contributed by atoms with Gasteiger partial charge in [-0.05, 0) is 51.7 Å². The fourth-order valence-corrected chi connectivity index (χ4v) is 5.33. The second kappa shape index (κ2) is 7.66. The predicted molar refractivity (Wildman–Crippen MR) is 131 cm³/mol. The first-order valence-electron chi connectivity index (χ1n) is 11.9. The third-order valence-corrected chi connectivity index (χ3v) is 6.97. The van der Waals surface area contributed by atoms with E-state index in [0.29, 0.717) is 0 Å². The number of fused-ring (bicyclic) bond motifs is 2. The van der Waals surface area contributed by atoms with Crippen LogP contribution in [-0.4, -0.2) is 50.2 Å². The molecule has 170 valence electrons. The Kier molecular flexibility index (Phi) is 4.72. The Morgan fingerprint density at radius 2 is 1.82 bits per heavy atom. The van der Waals surface area contributed by atoms with E-state index in [0.717, 1.165) is 77.7 Å². The molecule has 0 bridgehead atoms. The molecule has 1 unspecified atom stereocenters. The van der Waals surface area contributed by atoms with Gasteiger partial charge < -0.3 is 15.5 Å². The Morgan fingerprint density at radius 1 is 0.970 bits per heavy atom. The van der Waals surface area contributed by atoms with Gasteiger partial charge in [-0.3, -0.25) is 0 Å². The Hall–Kier alpha value is -3.26. The van der Waals surface area contributed by atoms with Gasteiger partial charge in [0.1, 0.15) is 17.5 Å². The van der Waals surface area contributed by atoms with Gasteiger partial charge in [-0.15, -0.1) is 0 Å². The molecule has 0 amide bonds. The Balaban J connectivity index is 1.43. The normalized spacial score (nSPS) is 19.5. The molecule has 8 heteroatoms. The maximum Gasteiger partial charge on any atom is 0.157 e. The lowest BCUT2D eigenvalue weighted by atomic mass is 9.98. The predicted octanol–water partition coefficient (Wildman–Crippen LogP) is 3.48. The molecule has 1 atom stereocenters. The van der Waals surface area contributed by atoms with E-state index in [-0.39, 0.29) is 12.1 Å². The fourth-order valence-electron chi connectivity index (χ4n) is 5.33. The van der Waals surface area contributed by atoms with Crippen molar-refractivity contribution in [3.8, 4) is 0 Å². The number of anilines is 2. The fraction of sp³-hybridized carbons (Fsp3) is 0.440. The summed E-state index contributed by atoms with van der Waals surface area (Å²) in [6, 6.07) is 8.85. The van der Waals surface area contributed by atoms with Crippen molar-refractivity contribution < 1.29 is 0 Å². The highest BCUT2D eigenvalue weighted by Gasteiger charge is 2.30. The largest absolute Gasteiger partial charge is 0.353 e. The molecule has 8 nitrogen and oxygen atoms in total. The number of hydrogen-bond acceptors (Lipinski definition) is 7. The van der Waals surface area contributed by atoms with Crippen LogP contribution in [0.2, 0.25) is 0 Å². The van der Waals surface area contributed by atoms with Gasteiger partial charge >= 0.3 is 0 Å². The van der Waals surface area contributed by atoms with Crippen LogP contribution in [0, 0.1) is 20.8 Å². The highest BCUT2D eigenvalue weighted by Crippen LogP contribution is 2.38. The van der Waals surface area contributed by atoms with Crippen molar-refractivity contribution in [2.24, 2.45) is 5.73 Å². The molecular formula is C25H30N8. The molecule has 0 saturated carbocycles. The summed E-state index contributed by atoms with van der Waals surface area (Å²) in [5, 5.41) is 6.13. The average molecular weight is 443 g/mol. The summed E-state index contributed by atoms with van der Waals surface area (Å²) in [6.45, 7) is 8.90. The highest BCUT2D eigenvalue weighted by molar-refractivity contribution is 5.92. The summed E-state index contributed by atoms with van der Waals surface area (Å²) >= 11 is 0. The summed E-state index contributed by atoms with van der Waals surface area (Å²) in [7, 11) is 0. The molecule has 2 N–H and O–H groups in total. The summed E-state index contributed by atoms with van der Waals surface area (Å²) in [4.78, 5) is 19.3. The van der Waals surface area contributed by atoms with Crippen molar-refractivity contribution in [3.63, 3.8) is 0 Å². The zero-order valence-electron chi connectivity index (χ0n) is 19.5. The minimum atomic E-state index is 0.166. The molecule has 6 rings (SSSR count). The molecule has 0 radical (unpaired) electrons. The van der Waals surface area contributed by atoms with E-state index in [1.165, 1.54) is 12.0 Å². The average Bonchev–Trinajstić information content (AvgIpc) is 3.18. The molecule has 0 spiro atoms. The van der Waals surface area contributed by atoms with E-state index in [1.54, 1.807) is 0 Å². The number of piperidine rings is 1. The number of benzene rings is 1. The number of hydrogen-bond donors (Lipinski definition) is 1. The molecule has 4 aromatic rings. The van der Waals surface area contributed by atoms with Gasteiger partial charge in [0.25, 0.3) is 0 Å². The number of rotatable bonds is 3. The molecular weight excluding hydrogens is 412 g/mol. The van der Waals surface area contributed by atoms with Crippen LogP contribution < -0.4 is 15.5 Å². The van der Waals surface area contributed by atoms with Crippen molar-refractivity contribution in [1.82, 2.24) is 24.6 Å². The van der Waals surface area contributed by atoms with E-state index in [4.69, 9.17) is 25.8 Å². The Labute approximate surface area is 193 Å². The first-order chi connectivity index (χ1) is 16.0.